The largest absolute Gasteiger partial charge is 0.508 e. The van der Waals surface area contributed by atoms with Crippen LogP contribution in [0, 0.1) is 0 Å². The highest BCUT2D eigenvalue weighted by Crippen LogP contribution is 2.23. The summed E-state index contributed by atoms with van der Waals surface area (Å²) in [6.07, 6.45) is 0. The van der Waals surface area contributed by atoms with Crippen molar-refractivity contribution in [2.45, 2.75) is 0 Å². The Morgan fingerprint density at radius 3 is 2.50 bits per heavy atom. The minimum Gasteiger partial charge on any atom is -0.508 e. The molecule has 4 nitrogen and oxygen atoms in total. The number of para-hydroxylation sites is 1. The second kappa shape index (κ2) is 5.23. The van der Waals surface area contributed by atoms with Gasteiger partial charge in [-0.1, -0.05) is 18.2 Å². The highest BCUT2D eigenvalue weighted by molar-refractivity contribution is 5.91. The lowest BCUT2D eigenvalue weighted by molar-refractivity contribution is 0.0600. The third kappa shape index (κ3) is 2.79. The number of carbonyl (C=O) groups excluding carboxylic acids is 1. The molecular formula is C14H13NO3. The lowest BCUT2D eigenvalue weighted by Crippen LogP contribution is -2.02. The van der Waals surface area contributed by atoms with E-state index >= 15 is 0 Å². The Balaban J connectivity index is 2.28. The van der Waals surface area contributed by atoms with Crippen molar-refractivity contribution in [2.24, 2.45) is 0 Å². The Morgan fingerprint density at radius 1 is 1.11 bits per heavy atom. The van der Waals surface area contributed by atoms with Gasteiger partial charge in [0.1, 0.15) is 5.75 Å². The third-order valence-corrected chi connectivity index (χ3v) is 2.40. The van der Waals surface area contributed by atoms with E-state index in [9.17, 15) is 9.90 Å². The first-order valence-corrected chi connectivity index (χ1v) is 5.43. The molecule has 0 bridgehead atoms. The van der Waals surface area contributed by atoms with Gasteiger partial charge in [0.05, 0.1) is 12.7 Å². The van der Waals surface area contributed by atoms with Gasteiger partial charge in [-0.3, -0.25) is 0 Å². The highest BCUT2D eigenvalue weighted by atomic mass is 16.5. The number of rotatable bonds is 3. The van der Waals surface area contributed by atoms with Crippen molar-refractivity contribution in [3.63, 3.8) is 0 Å². The maximum atomic E-state index is 11.4. The number of ether oxygens (including phenoxy) is 1. The van der Waals surface area contributed by atoms with Crippen LogP contribution in [0.5, 0.6) is 5.75 Å². The third-order valence-electron chi connectivity index (χ3n) is 2.40. The molecule has 0 atom stereocenters. The summed E-state index contributed by atoms with van der Waals surface area (Å²) in [5, 5.41) is 12.7. The van der Waals surface area contributed by atoms with Gasteiger partial charge < -0.3 is 15.2 Å². The van der Waals surface area contributed by atoms with Crippen LogP contribution in [0.4, 0.5) is 11.4 Å². The molecule has 0 radical (unpaired) electrons. The summed E-state index contributed by atoms with van der Waals surface area (Å²) < 4.78 is 4.62. The Bertz CT molecular complexity index is 552. The molecule has 0 spiro atoms. The fourth-order valence-electron chi connectivity index (χ4n) is 1.61. The van der Waals surface area contributed by atoms with Crippen LogP contribution in [0.1, 0.15) is 10.4 Å². The number of phenols is 1. The number of nitrogens with one attached hydrogen (secondary N) is 1. The van der Waals surface area contributed by atoms with E-state index in [1.54, 1.807) is 12.1 Å². The van der Waals surface area contributed by atoms with Crippen LogP contribution >= 0.6 is 0 Å². The van der Waals surface area contributed by atoms with E-state index in [1.807, 2.05) is 30.3 Å². The fourth-order valence-corrected chi connectivity index (χ4v) is 1.61. The van der Waals surface area contributed by atoms with Crippen molar-refractivity contribution in [3.05, 3.63) is 54.1 Å². The lowest BCUT2D eigenvalue weighted by Gasteiger charge is -2.08. The molecule has 0 aliphatic carbocycles. The maximum absolute atomic E-state index is 11.4. The zero-order chi connectivity index (χ0) is 13.0. The zero-order valence-electron chi connectivity index (χ0n) is 9.88. The predicted octanol–water partition coefficient (Wildman–Crippen LogP) is 2.92. The van der Waals surface area contributed by atoms with Crippen LogP contribution in [-0.2, 0) is 4.74 Å². The van der Waals surface area contributed by atoms with Gasteiger partial charge in [0.15, 0.2) is 0 Å². The summed E-state index contributed by atoms with van der Waals surface area (Å²) in [6, 6.07) is 14.0. The number of phenolic OH excluding ortho intramolecular Hbond substituents is 1. The van der Waals surface area contributed by atoms with Crippen LogP contribution in [0.2, 0.25) is 0 Å². The topological polar surface area (TPSA) is 58.6 Å². The first-order valence-electron chi connectivity index (χ1n) is 5.43. The molecule has 0 aliphatic rings. The van der Waals surface area contributed by atoms with Crippen molar-refractivity contribution in [1.82, 2.24) is 0 Å². The molecule has 0 saturated heterocycles. The molecule has 0 fully saturated rings. The van der Waals surface area contributed by atoms with E-state index < -0.39 is 5.97 Å². The monoisotopic (exact) mass is 243 g/mol. The van der Waals surface area contributed by atoms with Crippen molar-refractivity contribution in [2.75, 3.05) is 12.4 Å². The molecule has 2 aromatic rings. The van der Waals surface area contributed by atoms with Crippen LogP contribution in [0.15, 0.2) is 48.5 Å². The molecule has 2 N–H and O–H groups in total. The molecule has 2 aromatic carbocycles. The number of carbonyl (C=O) groups is 1. The van der Waals surface area contributed by atoms with Gasteiger partial charge in [-0.05, 0) is 24.3 Å². The quantitative estimate of drug-likeness (QED) is 0.814. The van der Waals surface area contributed by atoms with Gasteiger partial charge in [-0.25, -0.2) is 4.79 Å². The molecule has 0 saturated carbocycles. The molecule has 0 aliphatic heterocycles. The Labute approximate surface area is 105 Å². The standard InChI is InChI=1S/C14H13NO3/c1-18-14(17)10-7-12(9-13(16)8-10)15-11-5-3-2-4-6-11/h2-9,15-16H,1H3. The number of hydrogen-bond acceptors (Lipinski definition) is 4. The maximum Gasteiger partial charge on any atom is 0.338 e. The van der Waals surface area contributed by atoms with Crippen LogP contribution in [0.25, 0.3) is 0 Å². The molecule has 4 heteroatoms. The van der Waals surface area contributed by atoms with E-state index in [4.69, 9.17) is 0 Å². The van der Waals surface area contributed by atoms with Gasteiger partial charge in [0.25, 0.3) is 0 Å². The molecule has 0 amide bonds. The SMILES string of the molecule is COC(=O)c1cc(O)cc(Nc2ccccc2)c1. The molecule has 0 aromatic heterocycles. The fraction of sp³-hybridized carbons (Fsp3) is 0.0714. The number of aromatic hydroxyl groups is 1. The predicted molar refractivity (Wildman–Crippen MR) is 69.2 cm³/mol. The van der Waals surface area contributed by atoms with Gasteiger partial charge in [0, 0.05) is 17.4 Å². The summed E-state index contributed by atoms with van der Waals surface area (Å²) in [4.78, 5) is 11.4. The molecule has 2 rings (SSSR count). The molecule has 0 heterocycles. The average Bonchev–Trinajstić information content (AvgIpc) is 2.38. The molecular weight excluding hydrogens is 230 g/mol. The van der Waals surface area contributed by atoms with Gasteiger partial charge in [-0.15, -0.1) is 0 Å². The van der Waals surface area contributed by atoms with Gasteiger partial charge >= 0.3 is 5.97 Å². The number of esters is 1. The summed E-state index contributed by atoms with van der Waals surface area (Å²) in [6.45, 7) is 0. The second-order valence-electron chi connectivity index (χ2n) is 3.75. The minimum absolute atomic E-state index is 0.0105. The molecule has 0 unspecified atom stereocenters. The van der Waals surface area contributed by atoms with Crippen LogP contribution in [0.3, 0.4) is 0 Å². The normalized spacial score (nSPS) is 9.83. The van der Waals surface area contributed by atoms with E-state index in [0.29, 0.717) is 11.3 Å². The van der Waals surface area contributed by atoms with Crippen molar-refractivity contribution in [1.29, 1.82) is 0 Å². The van der Waals surface area contributed by atoms with Crippen molar-refractivity contribution >= 4 is 17.3 Å². The Kier molecular flexibility index (Phi) is 3.48. The summed E-state index contributed by atoms with van der Waals surface area (Å²) in [7, 11) is 1.30. The first-order chi connectivity index (χ1) is 8.69. The number of benzene rings is 2. The highest BCUT2D eigenvalue weighted by Gasteiger charge is 2.08. The van der Waals surface area contributed by atoms with E-state index in [2.05, 4.69) is 10.1 Å². The zero-order valence-corrected chi connectivity index (χ0v) is 9.88. The number of hydrogen-bond donors (Lipinski definition) is 2. The summed E-state index contributed by atoms with van der Waals surface area (Å²) >= 11 is 0. The van der Waals surface area contributed by atoms with Crippen molar-refractivity contribution < 1.29 is 14.6 Å². The Hall–Kier alpha value is -2.49. The van der Waals surface area contributed by atoms with Crippen molar-refractivity contribution in [3.8, 4) is 5.75 Å². The van der Waals surface area contributed by atoms with Crippen LogP contribution < -0.4 is 5.32 Å². The average molecular weight is 243 g/mol. The molecule has 92 valence electrons. The van der Waals surface area contributed by atoms with Gasteiger partial charge in [0.2, 0.25) is 0 Å². The number of methoxy groups -OCH3 is 1. The number of anilines is 2. The molecule has 18 heavy (non-hydrogen) atoms. The lowest BCUT2D eigenvalue weighted by atomic mass is 10.2. The van der Waals surface area contributed by atoms with E-state index in [-0.39, 0.29) is 5.75 Å². The minimum atomic E-state index is -0.484. The first kappa shape index (κ1) is 12.0. The second-order valence-corrected chi connectivity index (χ2v) is 3.75. The van der Waals surface area contributed by atoms with Crippen LogP contribution in [-0.4, -0.2) is 18.2 Å². The summed E-state index contributed by atoms with van der Waals surface area (Å²) in [5.74, 6) is -0.474. The summed E-state index contributed by atoms with van der Waals surface area (Å²) in [5.41, 5.74) is 1.80. The van der Waals surface area contributed by atoms with E-state index in [1.165, 1.54) is 13.2 Å². The Morgan fingerprint density at radius 2 is 1.83 bits per heavy atom. The van der Waals surface area contributed by atoms with Gasteiger partial charge in [-0.2, -0.15) is 0 Å². The smallest absolute Gasteiger partial charge is 0.338 e. The van der Waals surface area contributed by atoms with E-state index in [0.717, 1.165) is 5.69 Å².